The van der Waals surface area contributed by atoms with Crippen molar-refractivity contribution in [2.75, 3.05) is 13.2 Å². The Hall–Kier alpha value is -3.05. The second-order valence-electron chi connectivity index (χ2n) is 10.5. The summed E-state index contributed by atoms with van der Waals surface area (Å²) >= 11 is 0. The smallest absolute Gasteiger partial charge is 0.377 e. The van der Waals surface area contributed by atoms with Gasteiger partial charge in [0.25, 0.3) is 5.79 Å². The lowest BCUT2D eigenvalue weighted by atomic mass is 9.87. The third-order valence-electron chi connectivity index (χ3n) is 6.91. The van der Waals surface area contributed by atoms with Crippen molar-refractivity contribution in [2.45, 2.75) is 106 Å². The molecule has 2 aliphatic rings. The van der Waals surface area contributed by atoms with E-state index in [2.05, 4.69) is 15.4 Å². The van der Waals surface area contributed by atoms with E-state index in [4.69, 9.17) is 14.2 Å². The van der Waals surface area contributed by atoms with Gasteiger partial charge in [-0.2, -0.15) is 0 Å². The van der Waals surface area contributed by atoms with E-state index in [9.17, 15) is 69.9 Å². The van der Waals surface area contributed by atoms with Crippen LogP contribution in [0.3, 0.4) is 0 Å². The van der Waals surface area contributed by atoms with E-state index in [1.165, 1.54) is 0 Å². The summed E-state index contributed by atoms with van der Waals surface area (Å²) in [6.07, 6.45) is -18.5. The van der Waals surface area contributed by atoms with Crippen LogP contribution in [0.2, 0.25) is 0 Å². The highest BCUT2D eigenvalue weighted by Gasteiger charge is 2.61. The van der Waals surface area contributed by atoms with Crippen LogP contribution < -0.4 is 10.6 Å². The first-order valence-corrected chi connectivity index (χ1v) is 13.2. The van der Waals surface area contributed by atoms with Crippen LogP contribution >= 0.6 is 0 Å². The Bertz CT molecular complexity index is 1080. The molecular weight excluding hydrogens is 604 g/mol. The SMILES string of the molecule is CC(=O)N[C@H]1[C@H]([C@H](O)[C@H](O)CO)O[C@](OC(=O)[C@]2(O)C[C@H](O)[C@@H](NC(C)=O)[C@H]([C@H](O)[C@H](O)COC(C)=O)O2)(C(=O)O)C[C@@H]1O. The highest BCUT2D eigenvalue weighted by atomic mass is 16.8. The zero-order valence-electron chi connectivity index (χ0n) is 23.8. The Morgan fingerprint density at radius 3 is 1.77 bits per heavy atom. The fourth-order valence-electron chi connectivity index (χ4n) is 4.78. The van der Waals surface area contributed by atoms with E-state index in [1.54, 1.807) is 0 Å². The van der Waals surface area contributed by atoms with Crippen molar-refractivity contribution in [3.63, 3.8) is 0 Å². The van der Waals surface area contributed by atoms with Crippen LogP contribution in [0.15, 0.2) is 0 Å². The van der Waals surface area contributed by atoms with Crippen LogP contribution in [0.1, 0.15) is 33.6 Å². The number of esters is 2. The topological polar surface area (TPSA) is 328 Å². The lowest BCUT2D eigenvalue weighted by Crippen LogP contribution is -2.70. The van der Waals surface area contributed by atoms with Gasteiger partial charge in [-0.15, -0.1) is 0 Å². The highest BCUT2D eigenvalue weighted by molar-refractivity contribution is 5.84. The van der Waals surface area contributed by atoms with Crippen LogP contribution in [0.4, 0.5) is 0 Å². The van der Waals surface area contributed by atoms with Crippen molar-refractivity contribution in [3.05, 3.63) is 0 Å². The van der Waals surface area contributed by atoms with Crippen molar-refractivity contribution < 1.29 is 88.9 Å². The predicted octanol–water partition coefficient (Wildman–Crippen LogP) is -6.69. The van der Waals surface area contributed by atoms with E-state index < -0.39 is 128 Å². The predicted molar refractivity (Wildman–Crippen MR) is 135 cm³/mol. The molecule has 44 heavy (non-hydrogen) atoms. The van der Waals surface area contributed by atoms with Crippen LogP contribution in [0.5, 0.6) is 0 Å². The highest BCUT2D eigenvalue weighted by Crippen LogP contribution is 2.37. The number of nitrogens with one attached hydrogen (secondary N) is 2. The molecule has 2 aliphatic heterocycles. The largest absolute Gasteiger partial charge is 0.476 e. The van der Waals surface area contributed by atoms with Gasteiger partial charge in [0.1, 0.15) is 43.2 Å². The van der Waals surface area contributed by atoms with Gasteiger partial charge >= 0.3 is 23.7 Å². The van der Waals surface area contributed by atoms with Crippen LogP contribution in [0, 0.1) is 0 Å². The number of hydrogen-bond acceptors (Lipinski definition) is 17. The molecule has 0 aromatic rings. The van der Waals surface area contributed by atoms with Gasteiger partial charge in [0.2, 0.25) is 11.8 Å². The van der Waals surface area contributed by atoms with Crippen molar-refractivity contribution in [1.82, 2.24) is 10.6 Å². The second-order valence-corrected chi connectivity index (χ2v) is 10.5. The molecule has 12 atom stereocenters. The summed E-state index contributed by atoms with van der Waals surface area (Å²) in [5.41, 5.74) is 0. The van der Waals surface area contributed by atoms with Crippen molar-refractivity contribution in [3.8, 4) is 0 Å². The molecule has 2 rings (SSSR count). The van der Waals surface area contributed by atoms with Gasteiger partial charge < -0.3 is 75.5 Å². The number of carbonyl (C=O) groups excluding carboxylic acids is 4. The molecule has 2 saturated heterocycles. The number of ether oxygens (including phenoxy) is 4. The standard InChI is InChI=1S/C24H38N2O18/c1-8(28)25-15-11(31)4-23(40,42-19(15)18(36)14(34)7-41-10(3)30)22(39)44-24(21(37)38)5-12(32)16(26-9(2)29)20(43-24)17(35)13(33)6-27/h11-20,27,31-36,40H,4-7H2,1-3H3,(H,25,28)(H,26,29)(H,37,38)/t11-,12-,13+,14+,15+,16+,17+,18+,19+,20+,23-,24+/m0/s1. The molecule has 0 aliphatic carbocycles. The van der Waals surface area contributed by atoms with Gasteiger partial charge in [-0.25, -0.2) is 9.59 Å². The summed E-state index contributed by atoms with van der Waals surface area (Å²) in [6.45, 7) is 1.09. The number of rotatable bonds is 12. The van der Waals surface area contributed by atoms with Gasteiger partial charge in [-0.05, 0) is 0 Å². The molecule has 2 fully saturated rings. The molecular formula is C24H38N2O18. The van der Waals surface area contributed by atoms with E-state index >= 15 is 0 Å². The van der Waals surface area contributed by atoms with Crippen molar-refractivity contribution >= 4 is 29.7 Å². The number of aliphatic hydroxyl groups excluding tert-OH is 7. The van der Waals surface area contributed by atoms with Gasteiger partial charge in [0.15, 0.2) is 0 Å². The molecule has 20 nitrogen and oxygen atoms in total. The molecule has 2 amide bonds. The Kier molecular flexibility index (Phi) is 12.5. The molecule has 20 heteroatoms. The molecule has 2 heterocycles. The number of aliphatic carboxylic acids is 1. The first-order chi connectivity index (χ1) is 20.3. The maximum absolute atomic E-state index is 13.3. The number of carbonyl (C=O) groups is 5. The molecule has 0 aromatic carbocycles. The van der Waals surface area contributed by atoms with Gasteiger partial charge in [0.05, 0.1) is 37.3 Å². The van der Waals surface area contributed by atoms with Gasteiger partial charge in [-0.3, -0.25) is 14.4 Å². The fraction of sp³-hybridized carbons (Fsp3) is 0.792. The molecule has 0 unspecified atom stereocenters. The van der Waals surface area contributed by atoms with Crippen LogP contribution in [0.25, 0.3) is 0 Å². The molecule has 252 valence electrons. The minimum Gasteiger partial charge on any atom is -0.476 e. The number of carboxylic acids is 1. The van der Waals surface area contributed by atoms with Crippen molar-refractivity contribution in [2.24, 2.45) is 0 Å². The Balaban J connectivity index is 2.45. The Labute approximate surface area is 249 Å². The van der Waals surface area contributed by atoms with E-state index in [1.807, 2.05) is 0 Å². The fourth-order valence-corrected chi connectivity index (χ4v) is 4.78. The number of hydrogen-bond donors (Lipinski definition) is 11. The Morgan fingerprint density at radius 2 is 1.32 bits per heavy atom. The number of aliphatic hydroxyl groups is 8. The quantitative estimate of drug-likeness (QED) is 0.0881. The second kappa shape index (κ2) is 14.8. The molecule has 0 saturated carbocycles. The van der Waals surface area contributed by atoms with E-state index in [0.717, 1.165) is 20.8 Å². The third-order valence-corrected chi connectivity index (χ3v) is 6.91. The molecule has 11 N–H and O–H groups in total. The minimum atomic E-state index is -3.33. The first-order valence-electron chi connectivity index (χ1n) is 13.2. The molecule has 0 bridgehead atoms. The number of amides is 2. The van der Waals surface area contributed by atoms with Gasteiger partial charge in [0, 0.05) is 27.2 Å². The summed E-state index contributed by atoms with van der Waals surface area (Å²) in [5, 5.41) is 97.6. The zero-order valence-corrected chi connectivity index (χ0v) is 23.8. The molecule has 0 aromatic heterocycles. The summed E-state index contributed by atoms with van der Waals surface area (Å²) < 4.78 is 20.1. The third kappa shape index (κ3) is 8.56. The molecule has 0 radical (unpaired) electrons. The molecule has 0 spiro atoms. The summed E-state index contributed by atoms with van der Waals surface area (Å²) in [5.74, 6) is -13.1. The summed E-state index contributed by atoms with van der Waals surface area (Å²) in [6, 6.07) is -3.20. The maximum Gasteiger partial charge on any atom is 0.377 e. The van der Waals surface area contributed by atoms with Crippen LogP contribution in [-0.4, -0.2) is 161 Å². The average molecular weight is 643 g/mol. The Morgan fingerprint density at radius 1 is 0.841 bits per heavy atom. The zero-order chi connectivity index (χ0) is 33.7. The summed E-state index contributed by atoms with van der Waals surface area (Å²) in [7, 11) is 0. The maximum atomic E-state index is 13.3. The lowest BCUT2D eigenvalue weighted by molar-refractivity contribution is -0.332. The number of carboxylic acid groups (broad SMARTS) is 1. The van der Waals surface area contributed by atoms with Crippen LogP contribution in [-0.2, 0) is 42.9 Å². The average Bonchev–Trinajstić information content (AvgIpc) is 2.92. The normalized spacial score (nSPS) is 34.9. The first kappa shape index (κ1) is 37.1. The van der Waals surface area contributed by atoms with E-state index in [-0.39, 0.29) is 0 Å². The minimum absolute atomic E-state index is 0.782. The summed E-state index contributed by atoms with van der Waals surface area (Å²) in [4.78, 5) is 60.2. The lowest BCUT2D eigenvalue weighted by Gasteiger charge is -2.48. The van der Waals surface area contributed by atoms with E-state index in [0.29, 0.717) is 0 Å². The van der Waals surface area contributed by atoms with Crippen molar-refractivity contribution in [1.29, 1.82) is 0 Å². The van der Waals surface area contributed by atoms with Gasteiger partial charge in [-0.1, -0.05) is 0 Å². The monoisotopic (exact) mass is 642 g/mol.